The Bertz CT molecular complexity index is 370. The maximum absolute atomic E-state index is 4.17. The second-order valence-corrected chi connectivity index (χ2v) is 3.32. The molecule has 0 spiro atoms. The van der Waals surface area contributed by atoms with Gasteiger partial charge in [-0.3, -0.25) is 4.68 Å². The molecule has 0 aliphatic carbocycles. The van der Waals surface area contributed by atoms with Crippen LogP contribution in [0.4, 0.5) is 0 Å². The van der Waals surface area contributed by atoms with Crippen molar-refractivity contribution < 1.29 is 0 Å². The Hall–Kier alpha value is -1.78. The minimum absolute atomic E-state index is 0.922. The number of hydrogen-bond donors (Lipinski definition) is 0. The molecule has 2 aromatic heterocycles. The molecule has 2 rings (SSSR count). The molecule has 0 amide bonds. The van der Waals surface area contributed by atoms with Gasteiger partial charge in [0.1, 0.15) is 19.0 Å². The van der Waals surface area contributed by atoms with Crippen LogP contribution in [0.3, 0.4) is 0 Å². The average molecular weight is 203 g/mol. The Kier molecular flexibility index (Phi) is 3.38. The first kappa shape index (κ1) is 9.76. The zero-order chi connectivity index (χ0) is 10.3. The Morgan fingerprint density at radius 1 is 1.13 bits per heavy atom. The van der Waals surface area contributed by atoms with E-state index in [1.807, 2.05) is 10.7 Å². The van der Waals surface area contributed by atoms with Crippen LogP contribution in [0, 0.1) is 0 Å². The van der Waals surface area contributed by atoms with E-state index < -0.39 is 0 Å². The molecule has 0 unspecified atom stereocenters. The van der Waals surface area contributed by atoms with Crippen LogP contribution in [-0.2, 0) is 13.0 Å². The van der Waals surface area contributed by atoms with E-state index in [0.29, 0.717) is 0 Å². The number of nitrogens with zero attached hydrogens (tertiary/aromatic N) is 5. The number of hydrogen-bond acceptors (Lipinski definition) is 4. The van der Waals surface area contributed by atoms with Crippen LogP contribution in [-0.4, -0.2) is 24.7 Å². The Morgan fingerprint density at radius 3 is 2.87 bits per heavy atom. The molecule has 15 heavy (non-hydrogen) atoms. The number of aryl methyl sites for hydroxylation is 2. The van der Waals surface area contributed by atoms with Crippen molar-refractivity contribution in [2.24, 2.45) is 0 Å². The Labute approximate surface area is 88.2 Å². The molecule has 0 atom stereocenters. The molecule has 0 saturated carbocycles. The van der Waals surface area contributed by atoms with Crippen LogP contribution < -0.4 is 0 Å². The molecule has 0 aliphatic rings. The lowest BCUT2D eigenvalue weighted by Crippen LogP contribution is -1.99. The zero-order valence-electron chi connectivity index (χ0n) is 8.45. The molecular formula is C10H13N5. The molecule has 0 radical (unpaired) electrons. The van der Waals surface area contributed by atoms with Gasteiger partial charge in [0.15, 0.2) is 0 Å². The molecule has 2 aromatic rings. The van der Waals surface area contributed by atoms with Gasteiger partial charge in [-0.05, 0) is 25.3 Å². The first-order valence-electron chi connectivity index (χ1n) is 5.02. The molecule has 78 valence electrons. The molecule has 0 fully saturated rings. The van der Waals surface area contributed by atoms with Crippen LogP contribution in [0.25, 0.3) is 0 Å². The summed E-state index contributed by atoms with van der Waals surface area (Å²) in [7, 11) is 0. The van der Waals surface area contributed by atoms with Crippen molar-refractivity contribution in [2.75, 3.05) is 0 Å². The van der Waals surface area contributed by atoms with Crippen LogP contribution in [0.15, 0.2) is 31.2 Å². The van der Waals surface area contributed by atoms with Crippen molar-refractivity contribution in [3.63, 3.8) is 0 Å². The fourth-order valence-electron chi connectivity index (χ4n) is 1.39. The quantitative estimate of drug-likeness (QED) is 0.682. The first-order valence-corrected chi connectivity index (χ1v) is 5.02. The lowest BCUT2D eigenvalue weighted by atomic mass is 10.2. The number of unbranched alkanes of at least 4 members (excludes halogenated alkanes) is 1. The van der Waals surface area contributed by atoms with Crippen molar-refractivity contribution in [2.45, 2.75) is 25.8 Å². The van der Waals surface area contributed by atoms with Crippen molar-refractivity contribution in [3.05, 3.63) is 36.9 Å². The van der Waals surface area contributed by atoms with Crippen LogP contribution >= 0.6 is 0 Å². The third-order valence-electron chi connectivity index (χ3n) is 2.18. The SMILES string of the molecule is c1cc(CCCCn2cncn2)ncn1. The van der Waals surface area contributed by atoms with Crippen molar-refractivity contribution in [1.29, 1.82) is 0 Å². The largest absolute Gasteiger partial charge is 0.253 e. The van der Waals surface area contributed by atoms with Crippen LogP contribution in [0.5, 0.6) is 0 Å². The monoisotopic (exact) mass is 203 g/mol. The maximum atomic E-state index is 4.17. The van der Waals surface area contributed by atoms with E-state index in [0.717, 1.165) is 31.5 Å². The lowest BCUT2D eigenvalue weighted by molar-refractivity contribution is 0.554. The van der Waals surface area contributed by atoms with Crippen LogP contribution in [0.1, 0.15) is 18.5 Å². The van der Waals surface area contributed by atoms with E-state index in [9.17, 15) is 0 Å². The minimum Gasteiger partial charge on any atom is -0.253 e. The van der Waals surface area contributed by atoms with Crippen molar-refractivity contribution >= 4 is 0 Å². The highest BCUT2D eigenvalue weighted by atomic mass is 15.3. The van der Waals surface area contributed by atoms with Crippen LogP contribution in [0.2, 0.25) is 0 Å². The molecular weight excluding hydrogens is 190 g/mol. The summed E-state index contributed by atoms with van der Waals surface area (Å²) in [5.74, 6) is 0. The topological polar surface area (TPSA) is 56.5 Å². The van der Waals surface area contributed by atoms with Crippen molar-refractivity contribution in [3.8, 4) is 0 Å². The van der Waals surface area contributed by atoms with E-state index in [-0.39, 0.29) is 0 Å². The number of aromatic nitrogens is 5. The average Bonchev–Trinajstić information content (AvgIpc) is 2.79. The van der Waals surface area contributed by atoms with E-state index >= 15 is 0 Å². The number of rotatable bonds is 5. The Balaban J connectivity index is 1.68. The summed E-state index contributed by atoms with van der Waals surface area (Å²) < 4.78 is 1.85. The van der Waals surface area contributed by atoms with Gasteiger partial charge in [0.2, 0.25) is 0 Å². The molecule has 0 aliphatic heterocycles. The van der Waals surface area contributed by atoms with Gasteiger partial charge >= 0.3 is 0 Å². The molecule has 0 bridgehead atoms. The standard InChI is InChI=1S/C10H13N5/c1(2-6-15-9-12-8-14-15)3-10-4-5-11-7-13-10/h4-5,7-9H,1-3,6H2. The molecule has 5 nitrogen and oxygen atoms in total. The molecule has 5 heteroatoms. The third-order valence-corrected chi connectivity index (χ3v) is 2.18. The summed E-state index contributed by atoms with van der Waals surface area (Å²) in [5.41, 5.74) is 1.10. The minimum atomic E-state index is 0.922. The fourth-order valence-corrected chi connectivity index (χ4v) is 1.39. The van der Waals surface area contributed by atoms with E-state index in [1.54, 1.807) is 25.2 Å². The summed E-state index contributed by atoms with van der Waals surface area (Å²) in [5, 5.41) is 4.04. The Morgan fingerprint density at radius 2 is 2.13 bits per heavy atom. The smallest absolute Gasteiger partial charge is 0.137 e. The summed E-state index contributed by atoms with van der Waals surface area (Å²) in [6.07, 6.45) is 9.86. The summed E-state index contributed by atoms with van der Waals surface area (Å²) in [6.45, 7) is 0.922. The van der Waals surface area contributed by atoms with Gasteiger partial charge in [-0.2, -0.15) is 5.10 Å². The summed E-state index contributed by atoms with van der Waals surface area (Å²) in [4.78, 5) is 11.9. The van der Waals surface area contributed by atoms with Gasteiger partial charge in [0, 0.05) is 18.4 Å². The van der Waals surface area contributed by atoms with Crippen molar-refractivity contribution in [1.82, 2.24) is 24.7 Å². The summed E-state index contributed by atoms with van der Waals surface area (Å²) >= 11 is 0. The fraction of sp³-hybridized carbons (Fsp3) is 0.400. The predicted molar refractivity (Wildman–Crippen MR) is 55.0 cm³/mol. The summed E-state index contributed by atoms with van der Waals surface area (Å²) in [6, 6.07) is 1.95. The van der Waals surface area contributed by atoms with Gasteiger partial charge in [-0.25, -0.2) is 15.0 Å². The van der Waals surface area contributed by atoms with Gasteiger partial charge in [-0.15, -0.1) is 0 Å². The van der Waals surface area contributed by atoms with Gasteiger partial charge in [0.25, 0.3) is 0 Å². The molecule has 0 saturated heterocycles. The second kappa shape index (κ2) is 5.19. The van der Waals surface area contributed by atoms with E-state index in [4.69, 9.17) is 0 Å². The van der Waals surface area contributed by atoms with Gasteiger partial charge in [0.05, 0.1) is 0 Å². The predicted octanol–water partition coefficient (Wildman–Crippen LogP) is 1.09. The van der Waals surface area contributed by atoms with E-state index in [1.165, 1.54) is 0 Å². The molecule has 0 aromatic carbocycles. The normalized spacial score (nSPS) is 10.4. The van der Waals surface area contributed by atoms with E-state index in [2.05, 4.69) is 20.1 Å². The lowest BCUT2D eigenvalue weighted by Gasteiger charge is -2.00. The van der Waals surface area contributed by atoms with Gasteiger partial charge in [-0.1, -0.05) is 0 Å². The van der Waals surface area contributed by atoms with Gasteiger partial charge < -0.3 is 0 Å². The first-order chi connectivity index (χ1) is 7.45. The highest BCUT2D eigenvalue weighted by Gasteiger charge is 1.95. The highest BCUT2D eigenvalue weighted by molar-refractivity contribution is 4.97. The highest BCUT2D eigenvalue weighted by Crippen LogP contribution is 2.01. The molecule has 0 N–H and O–H groups in total. The second-order valence-electron chi connectivity index (χ2n) is 3.32. The maximum Gasteiger partial charge on any atom is 0.137 e. The zero-order valence-corrected chi connectivity index (χ0v) is 8.45. The third kappa shape index (κ3) is 3.12. The molecule has 2 heterocycles.